The van der Waals surface area contributed by atoms with Gasteiger partial charge in [-0.15, -0.1) is 0 Å². The first kappa shape index (κ1) is 15.9. The monoisotopic (exact) mass is 334 g/mol. The van der Waals surface area contributed by atoms with E-state index in [0.29, 0.717) is 0 Å². The SMILES string of the molecule is CCCc1cc2ccccc2c2[n+]1CCc1cc(OC)c(OC)cc1-2. The Morgan fingerprint density at radius 2 is 1.76 bits per heavy atom. The van der Waals surface area contributed by atoms with Crippen molar-refractivity contribution in [3.8, 4) is 22.8 Å². The molecule has 0 aliphatic carbocycles. The topological polar surface area (TPSA) is 22.3 Å². The van der Waals surface area contributed by atoms with Gasteiger partial charge in [-0.05, 0) is 35.6 Å². The maximum absolute atomic E-state index is 5.57. The summed E-state index contributed by atoms with van der Waals surface area (Å²) in [6.45, 7) is 3.25. The summed E-state index contributed by atoms with van der Waals surface area (Å²) < 4.78 is 13.6. The highest BCUT2D eigenvalue weighted by atomic mass is 16.5. The molecule has 0 atom stereocenters. The fourth-order valence-electron chi connectivity index (χ4n) is 3.97. The zero-order valence-corrected chi connectivity index (χ0v) is 15.1. The van der Waals surface area contributed by atoms with Crippen LogP contribution >= 0.6 is 0 Å². The Bertz CT molecular complexity index is 946. The summed E-state index contributed by atoms with van der Waals surface area (Å²) in [5.41, 5.74) is 5.31. The molecule has 0 radical (unpaired) electrons. The fraction of sp³-hybridized carbons (Fsp3) is 0.318. The van der Waals surface area contributed by atoms with Crippen LogP contribution in [0, 0.1) is 0 Å². The number of pyridine rings is 1. The van der Waals surface area contributed by atoms with E-state index in [4.69, 9.17) is 9.47 Å². The zero-order chi connectivity index (χ0) is 17.4. The molecule has 1 aliphatic rings. The van der Waals surface area contributed by atoms with Gasteiger partial charge in [0.05, 0.1) is 25.2 Å². The van der Waals surface area contributed by atoms with Gasteiger partial charge in [-0.25, -0.2) is 0 Å². The van der Waals surface area contributed by atoms with Gasteiger partial charge in [-0.1, -0.05) is 25.1 Å². The summed E-state index contributed by atoms with van der Waals surface area (Å²) in [4.78, 5) is 0. The van der Waals surface area contributed by atoms with E-state index in [1.54, 1.807) is 14.2 Å². The smallest absolute Gasteiger partial charge is 0.221 e. The molecule has 2 aromatic carbocycles. The van der Waals surface area contributed by atoms with Crippen molar-refractivity contribution in [2.24, 2.45) is 0 Å². The van der Waals surface area contributed by atoms with Crippen LogP contribution in [0.3, 0.4) is 0 Å². The van der Waals surface area contributed by atoms with Crippen LogP contribution < -0.4 is 14.0 Å². The fourth-order valence-corrected chi connectivity index (χ4v) is 3.97. The molecule has 0 amide bonds. The lowest BCUT2D eigenvalue weighted by Crippen LogP contribution is -2.44. The van der Waals surface area contributed by atoms with Gasteiger partial charge in [0.2, 0.25) is 5.69 Å². The third-order valence-corrected chi connectivity index (χ3v) is 5.13. The standard InChI is InChI=1S/C22H24NO2/c1-4-7-17-12-15-8-5-6-9-18(15)22-19-14-21(25-3)20(24-2)13-16(19)10-11-23(17)22/h5-6,8-9,12-14H,4,7,10-11H2,1-3H3/q+1. The second kappa shape index (κ2) is 6.40. The van der Waals surface area contributed by atoms with E-state index in [1.807, 2.05) is 0 Å². The van der Waals surface area contributed by atoms with Crippen molar-refractivity contribution >= 4 is 10.8 Å². The van der Waals surface area contributed by atoms with Crippen molar-refractivity contribution in [3.05, 3.63) is 53.7 Å². The first-order valence-corrected chi connectivity index (χ1v) is 8.96. The van der Waals surface area contributed by atoms with Crippen molar-refractivity contribution in [2.45, 2.75) is 32.7 Å². The third-order valence-electron chi connectivity index (χ3n) is 5.13. The lowest BCUT2D eigenvalue weighted by atomic mass is 9.92. The maximum Gasteiger partial charge on any atom is 0.221 e. The highest BCUT2D eigenvalue weighted by Gasteiger charge is 2.29. The first-order chi connectivity index (χ1) is 12.3. The molecule has 0 saturated carbocycles. The van der Waals surface area contributed by atoms with Crippen LogP contribution in [0.15, 0.2) is 42.5 Å². The number of methoxy groups -OCH3 is 2. The summed E-state index contributed by atoms with van der Waals surface area (Å²) in [6.07, 6.45) is 3.26. The lowest BCUT2D eigenvalue weighted by Gasteiger charge is -2.21. The number of hydrogen-bond acceptors (Lipinski definition) is 2. The summed E-state index contributed by atoms with van der Waals surface area (Å²) in [5.74, 6) is 1.60. The molecule has 0 fully saturated rings. The molecule has 1 aromatic heterocycles. The Labute approximate surface area is 148 Å². The highest BCUT2D eigenvalue weighted by molar-refractivity contribution is 5.94. The lowest BCUT2D eigenvalue weighted by molar-refractivity contribution is -0.693. The summed E-state index contributed by atoms with van der Waals surface area (Å²) in [5, 5.41) is 2.61. The largest absolute Gasteiger partial charge is 0.493 e. The molecular formula is C22H24NO2+. The van der Waals surface area contributed by atoms with Gasteiger partial charge >= 0.3 is 0 Å². The molecule has 4 rings (SSSR count). The van der Waals surface area contributed by atoms with Crippen molar-refractivity contribution in [1.82, 2.24) is 0 Å². The number of rotatable bonds is 4. The Balaban J connectivity index is 2.06. The van der Waals surface area contributed by atoms with Gasteiger partial charge in [-0.2, -0.15) is 4.57 Å². The van der Waals surface area contributed by atoms with Crippen LogP contribution in [0.2, 0.25) is 0 Å². The van der Waals surface area contributed by atoms with Crippen LogP contribution in [0.5, 0.6) is 11.5 Å². The number of aryl methyl sites for hydroxylation is 2. The van der Waals surface area contributed by atoms with E-state index in [9.17, 15) is 0 Å². The second-order valence-corrected chi connectivity index (χ2v) is 6.59. The van der Waals surface area contributed by atoms with Crippen LogP contribution in [0.4, 0.5) is 0 Å². The van der Waals surface area contributed by atoms with Gasteiger partial charge in [0.15, 0.2) is 23.7 Å². The first-order valence-electron chi connectivity index (χ1n) is 8.96. The Morgan fingerprint density at radius 1 is 1.00 bits per heavy atom. The number of ether oxygens (including phenoxy) is 2. The molecule has 25 heavy (non-hydrogen) atoms. The number of nitrogens with zero attached hydrogens (tertiary/aromatic N) is 1. The predicted molar refractivity (Wildman–Crippen MR) is 100 cm³/mol. The Kier molecular flexibility index (Phi) is 4.08. The number of fused-ring (bicyclic) bond motifs is 5. The number of hydrogen-bond donors (Lipinski definition) is 0. The minimum Gasteiger partial charge on any atom is -0.493 e. The third kappa shape index (κ3) is 2.55. The zero-order valence-electron chi connectivity index (χ0n) is 15.1. The number of benzene rings is 2. The van der Waals surface area contributed by atoms with Gasteiger partial charge in [0.1, 0.15) is 0 Å². The molecule has 0 saturated heterocycles. The maximum atomic E-state index is 5.57. The molecule has 3 heteroatoms. The van der Waals surface area contributed by atoms with E-state index in [-0.39, 0.29) is 0 Å². The van der Waals surface area contributed by atoms with Crippen LogP contribution in [-0.2, 0) is 19.4 Å². The second-order valence-electron chi connectivity index (χ2n) is 6.59. The van der Waals surface area contributed by atoms with Crippen LogP contribution in [-0.4, -0.2) is 14.2 Å². The van der Waals surface area contributed by atoms with Crippen LogP contribution in [0.1, 0.15) is 24.6 Å². The summed E-state index contributed by atoms with van der Waals surface area (Å²) in [6, 6.07) is 15.3. The van der Waals surface area contributed by atoms with Gasteiger partial charge in [0.25, 0.3) is 0 Å². The average Bonchev–Trinajstić information content (AvgIpc) is 2.66. The molecule has 0 unspecified atom stereocenters. The average molecular weight is 334 g/mol. The highest BCUT2D eigenvalue weighted by Crippen LogP contribution is 2.39. The van der Waals surface area contributed by atoms with Gasteiger partial charge in [-0.3, -0.25) is 0 Å². The molecular weight excluding hydrogens is 310 g/mol. The summed E-state index contributed by atoms with van der Waals surface area (Å²) in [7, 11) is 3.40. The minimum absolute atomic E-state index is 0.791. The van der Waals surface area contributed by atoms with E-state index < -0.39 is 0 Å². The minimum atomic E-state index is 0.791. The van der Waals surface area contributed by atoms with Crippen LogP contribution in [0.25, 0.3) is 22.0 Å². The van der Waals surface area contributed by atoms with Gasteiger partial charge in [0, 0.05) is 18.9 Å². The molecule has 3 nitrogen and oxygen atoms in total. The molecule has 1 aliphatic heterocycles. The van der Waals surface area contributed by atoms with Crippen molar-refractivity contribution < 1.29 is 14.0 Å². The van der Waals surface area contributed by atoms with E-state index in [1.165, 1.54) is 33.3 Å². The van der Waals surface area contributed by atoms with E-state index in [2.05, 4.69) is 54.0 Å². The van der Waals surface area contributed by atoms with E-state index in [0.717, 1.165) is 37.3 Å². The molecule has 0 bridgehead atoms. The molecule has 128 valence electrons. The predicted octanol–water partition coefficient (Wildman–Crippen LogP) is 4.32. The van der Waals surface area contributed by atoms with Crippen molar-refractivity contribution in [1.29, 1.82) is 0 Å². The van der Waals surface area contributed by atoms with Gasteiger partial charge < -0.3 is 9.47 Å². The summed E-state index contributed by atoms with van der Waals surface area (Å²) >= 11 is 0. The van der Waals surface area contributed by atoms with Crippen molar-refractivity contribution in [3.63, 3.8) is 0 Å². The number of aromatic nitrogens is 1. The molecule has 0 N–H and O–H groups in total. The van der Waals surface area contributed by atoms with E-state index >= 15 is 0 Å². The van der Waals surface area contributed by atoms with Crippen molar-refractivity contribution in [2.75, 3.05) is 14.2 Å². The molecule has 3 aromatic rings. The Morgan fingerprint density at radius 3 is 2.52 bits per heavy atom. The normalized spacial score (nSPS) is 12.6. The molecule has 2 heterocycles. The molecule has 0 spiro atoms. The Hall–Kier alpha value is -2.55. The quantitative estimate of drug-likeness (QED) is 0.663.